The van der Waals surface area contributed by atoms with Crippen molar-refractivity contribution in [2.24, 2.45) is 0 Å². The Hall–Kier alpha value is -1.88. The van der Waals surface area contributed by atoms with Gasteiger partial charge in [-0.15, -0.1) is 0 Å². The standard InChI is InChI=1S/C23H32N2O3/c1-3-16(2)24-21(26)20-18-10-4-5-11-19(18)22(27)25(15-17-9-8-14-28-17)23(20)12-6-7-13-23/h4-5,10-11,16-17,20H,3,6-9,12-15H2,1-2H3,(H,24,26). The van der Waals surface area contributed by atoms with Crippen LogP contribution < -0.4 is 5.32 Å². The van der Waals surface area contributed by atoms with Crippen molar-refractivity contribution in [3.8, 4) is 0 Å². The summed E-state index contributed by atoms with van der Waals surface area (Å²) in [4.78, 5) is 29.1. The Labute approximate surface area is 167 Å². The number of rotatable bonds is 5. The number of nitrogens with one attached hydrogen (secondary N) is 1. The van der Waals surface area contributed by atoms with Gasteiger partial charge < -0.3 is 15.0 Å². The van der Waals surface area contributed by atoms with E-state index >= 15 is 0 Å². The molecule has 0 aromatic heterocycles. The molecule has 3 atom stereocenters. The van der Waals surface area contributed by atoms with Gasteiger partial charge in [-0.3, -0.25) is 9.59 Å². The van der Waals surface area contributed by atoms with Gasteiger partial charge in [0.15, 0.2) is 0 Å². The SMILES string of the molecule is CCC(C)NC(=O)C1c2ccccc2C(=O)N(CC2CCCO2)C12CCCC2. The molecular formula is C23H32N2O3. The van der Waals surface area contributed by atoms with Crippen molar-refractivity contribution in [2.45, 2.75) is 82.4 Å². The molecule has 3 unspecified atom stereocenters. The quantitative estimate of drug-likeness (QED) is 0.843. The molecule has 1 saturated carbocycles. The minimum absolute atomic E-state index is 0.0635. The first-order valence-electron chi connectivity index (χ1n) is 10.9. The molecule has 28 heavy (non-hydrogen) atoms. The number of hydrogen-bond donors (Lipinski definition) is 1. The van der Waals surface area contributed by atoms with Gasteiger partial charge in [-0.25, -0.2) is 0 Å². The van der Waals surface area contributed by atoms with E-state index in [9.17, 15) is 9.59 Å². The molecule has 2 fully saturated rings. The molecule has 1 spiro atoms. The maximum atomic E-state index is 13.6. The second-order valence-electron chi connectivity index (χ2n) is 8.70. The van der Waals surface area contributed by atoms with Crippen LogP contribution in [-0.2, 0) is 9.53 Å². The van der Waals surface area contributed by atoms with Crippen LogP contribution in [0.3, 0.4) is 0 Å². The first-order chi connectivity index (χ1) is 13.6. The molecule has 2 aliphatic heterocycles. The second-order valence-corrected chi connectivity index (χ2v) is 8.70. The predicted molar refractivity (Wildman–Crippen MR) is 108 cm³/mol. The molecule has 5 nitrogen and oxygen atoms in total. The number of carbonyl (C=O) groups excluding carboxylic acids is 2. The van der Waals surface area contributed by atoms with E-state index in [1.165, 1.54) is 0 Å². The van der Waals surface area contributed by atoms with Gasteiger partial charge >= 0.3 is 0 Å². The summed E-state index contributed by atoms with van der Waals surface area (Å²) in [6, 6.07) is 7.84. The first-order valence-corrected chi connectivity index (χ1v) is 10.9. The summed E-state index contributed by atoms with van der Waals surface area (Å²) in [5.74, 6) is -0.173. The van der Waals surface area contributed by atoms with Crippen LogP contribution >= 0.6 is 0 Å². The van der Waals surface area contributed by atoms with Gasteiger partial charge in [-0.2, -0.15) is 0 Å². The van der Waals surface area contributed by atoms with E-state index in [0.717, 1.165) is 57.1 Å². The minimum atomic E-state index is -0.422. The topological polar surface area (TPSA) is 58.6 Å². The molecule has 3 aliphatic rings. The molecule has 1 aromatic rings. The summed E-state index contributed by atoms with van der Waals surface area (Å²) in [5, 5.41) is 3.21. The van der Waals surface area contributed by atoms with Gasteiger partial charge in [0.1, 0.15) is 0 Å². The molecule has 0 radical (unpaired) electrons. The maximum Gasteiger partial charge on any atom is 0.254 e. The van der Waals surface area contributed by atoms with E-state index in [0.29, 0.717) is 12.1 Å². The lowest BCUT2D eigenvalue weighted by atomic mass is 9.70. The summed E-state index contributed by atoms with van der Waals surface area (Å²) in [7, 11) is 0. The third kappa shape index (κ3) is 3.24. The molecular weight excluding hydrogens is 352 g/mol. The fraction of sp³-hybridized carbons (Fsp3) is 0.652. The zero-order chi connectivity index (χ0) is 19.7. The van der Waals surface area contributed by atoms with Crippen LogP contribution in [-0.4, -0.2) is 47.6 Å². The zero-order valence-electron chi connectivity index (χ0n) is 17.1. The van der Waals surface area contributed by atoms with E-state index in [4.69, 9.17) is 4.74 Å². The van der Waals surface area contributed by atoms with Gasteiger partial charge in [0.25, 0.3) is 5.91 Å². The zero-order valence-corrected chi connectivity index (χ0v) is 17.1. The predicted octanol–water partition coefficient (Wildman–Crippen LogP) is 3.63. The van der Waals surface area contributed by atoms with E-state index in [1.807, 2.05) is 36.1 Å². The highest BCUT2D eigenvalue weighted by Gasteiger charge is 2.56. The molecule has 2 heterocycles. The van der Waals surface area contributed by atoms with Gasteiger partial charge in [0.05, 0.1) is 17.6 Å². The minimum Gasteiger partial charge on any atom is -0.376 e. The average Bonchev–Trinajstić information content (AvgIpc) is 3.38. The number of hydrogen-bond acceptors (Lipinski definition) is 3. The van der Waals surface area contributed by atoms with Gasteiger partial charge in [0.2, 0.25) is 5.91 Å². The lowest BCUT2D eigenvalue weighted by molar-refractivity contribution is -0.127. The normalized spacial score (nSPS) is 27.1. The number of ether oxygens (including phenoxy) is 1. The molecule has 1 saturated heterocycles. The van der Waals surface area contributed by atoms with Crippen LogP contribution in [0, 0.1) is 0 Å². The summed E-state index contributed by atoms with van der Waals surface area (Å²) in [6.07, 6.45) is 6.92. The van der Waals surface area contributed by atoms with Crippen molar-refractivity contribution in [1.29, 1.82) is 0 Å². The molecule has 152 valence electrons. The number of fused-ring (bicyclic) bond motifs is 1. The van der Waals surface area contributed by atoms with Crippen molar-refractivity contribution in [2.75, 3.05) is 13.2 Å². The summed E-state index contributed by atoms with van der Waals surface area (Å²) < 4.78 is 5.88. The summed E-state index contributed by atoms with van der Waals surface area (Å²) >= 11 is 0. The average molecular weight is 385 g/mol. The van der Waals surface area contributed by atoms with Crippen LogP contribution in [0.2, 0.25) is 0 Å². The molecule has 1 N–H and O–H groups in total. The fourth-order valence-corrected chi connectivity index (χ4v) is 5.35. The lowest BCUT2D eigenvalue weighted by Crippen LogP contribution is -2.62. The third-order valence-corrected chi connectivity index (χ3v) is 6.97. The van der Waals surface area contributed by atoms with Crippen molar-refractivity contribution < 1.29 is 14.3 Å². The number of benzene rings is 1. The number of nitrogens with zero attached hydrogens (tertiary/aromatic N) is 1. The highest BCUT2D eigenvalue weighted by Crippen LogP contribution is 2.50. The number of amides is 2. The Bertz CT molecular complexity index is 735. The highest BCUT2D eigenvalue weighted by atomic mass is 16.5. The van der Waals surface area contributed by atoms with E-state index < -0.39 is 5.54 Å². The lowest BCUT2D eigenvalue weighted by Gasteiger charge is -2.50. The van der Waals surface area contributed by atoms with Crippen molar-refractivity contribution in [3.05, 3.63) is 35.4 Å². The van der Waals surface area contributed by atoms with E-state index in [2.05, 4.69) is 12.2 Å². The van der Waals surface area contributed by atoms with E-state index in [1.54, 1.807) is 0 Å². The van der Waals surface area contributed by atoms with Crippen molar-refractivity contribution in [3.63, 3.8) is 0 Å². The highest BCUT2D eigenvalue weighted by molar-refractivity contribution is 6.02. The molecule has 1 aliphatic carbocycles. The maximum absolute atomic E-state index is 13.6. The van der Waals surface area contributed by atoms with E-state index in [-0.39, 0.29) is 29.9 Å². The summed E-state index contributed by atoms with van der Waals surface area (Å²) in [6.45, 7) is 5.50. The van der Waals surface area contributed by atoms with Crippen LogP contribution in [0.1, 0.15) is 80.6 Å². The molecule has 2 amide bonds. The van der Waals surface area contributed by atoms with Crippen LogP contribution in [0.15, 0.2) is 24.3 Å². The Morgan fingerprint density at radius 1 is 1.29 bits per heavy atom. The monoisotopic (exact) mass is 384 g/mol. The van der Waals surface area contributed by atoms with Gasteiger partial charge in [-0.1, -0.05) is 38.0 Å². The van der Waals surface area contributed by atoms with Crippen LogP contribution in [0.25, 0.3) is 0 Å². The third-order valence-electron chi connectivity index (χ3n) is 6.97. The Balaban J connectivity index is 1.77. The Morgan fingerprint density at radius 2 is 2.04 bits per heavy atom. The molecule has 1 aromatic carbocycles. The van der Waals surface area contributed by atoms with Gasteiger partial charge in [0, 0.05) is 24.8 Å². The second kappa shape index (κ2) is 7.86. The Kier molecular flexibility index (Phi) is 5.46. The molecule has 5 heteroatoms. The van der Waals surface area contributed by atoms with Gasteiger partial charge in [-0.05, 0) is 50.7 Å². The smallest absolute Gasteiger partial charge is 0.254 e. The Morgan fingerprint density at radius 3 is 2.71 bits per heavy atom. The van der Waals surface area contributed by atoms with Crippen molar-refractivity contribution in [1.82, 2.24) is 10.2 Å². The summed E-state index contributed by atoms with van der Waals surface area (Å²) in [5.41, 5.74) is 1.16. The first kappa shape index (κ1) is 19.4. The fourth-order valence-electron chi connectivity index (χ4n) is 5.35. The van der Waals surface area contributed by atoms with Crippen LogP contribution in [0.5, 0.6) is 0 Å². The largest absolute Gasteiger partial charge is 0.376 e. The number of carbonyl (C=O) groups is 2. The molecule has 4 rings (SSSR count). The molecule has 0 bridgehead atoms. The van der Waals surface area contributed by atoms with Crippen LogP contribution in [0.4, 0.5) is 0 Å². The van der Waals surface area contributed by atoms with Crippen molar-refractivity contribution >= 4 is 11.8 Å².